The van der Waals surface area contributed by atoms with Crippen molar-refractivity contribution in [1.82, 2.24) is 0 Å². The van der Waals surface area contributed by atoms with Crippen LogP contribution in [0.4, 0.5) is 5.69 Å². The first-order valence-electron chi connectivity index (χ1n) is 11.8. The normalized spacial score (nSPS) is 29.3. The van der Waals surface area contributed by atoms with E-state index in [0.29, 0.717) is 5.56 Å². The Hall–Kier alpha value is -3.69. The van der Waals surface area contributed by atoms with Crippen LogP contribution in [0.15, 0.2) is 47.7 Å². The lowest BCUT2D eigenvalue weighted by Crippen LogP contribution is -2.63. The van der Waals surface area contributed by atoms with Gasteiger partial charge in [-0.05, 0) is 60.1 Å². The Labute approximate surface area is 207 Å². The second-order valence-corrected chi connectivity index (χ2v) is 10.2. The number of rotatable bonds is 3. The van der Waals surface area contributed by atoms with Gasteiger partial charge in [-0.25, -0.2) is 0 Å². The van der Waals surface area contributed by atoms with E-state index in [4.69, 9.17) is 5.73 Å². The highest BCUT2D eigenvalue weighted by Crippen LogP contribution is 2.52. The molecule has 1 amide bonds. The van der Waals surface area contributed by atoms with Crippen LogP contribution in [0.5, 0.6) is 5.75 Å². The van der Waals surface area contributed by atoms with Crippen molar-refractivity contribution in [3.63, 3.8) is 0 Å². The molecule has 0 bridgehead atoms. The third kappa shape index (κ3) is 3.26. The zero-order chi connectivity index (χ0) is 26.1. The molecule has 2 aromatic carbocycles. The first-order valence-corrected chi connectivity index (χ1v) is 11.8. The lowest BCUT2D eigenvalue weighted by Gasteiger charge is -2.48. The molecular weight excluding hydrogens is 464 g/mol. The minimum atomic E-state index is -2.51. The molecule has 0 heterocycles. The zero-order valence-corrected chi connectivity index (χ0v) is 19.9. The number of phenols is 1. The van der Waals surface area contributed by atoms with Gasteiger partial charge in [-0.15, -0.1) is 0 Å². The van der Waals surface area contributed by atoms with E-state index in [1.54, 1.807) is 6.07 Å². The number of phenolic OH excluding ortho intramolecular Hbond substituents is 1. The van der Waals surface area contributed by atoms with Crippen LogP contribution in [0, 0.1) is 17.8 Å². The zero-order valence-electron chi connectivity index (χ0n) is 19.9. The molecule has 0 saturated heterocycles. The van der Waals surface area contributed by atoms with Crippen LogP contribution in [0.1, 0.15) is 28.8 Å². The van der Waals surface area contributed by atoms with E-state index in [9.17, 15) is 34.8 Å². The summed E-state index contributed by atoms with van der Waals surface area (Å²) in [6.45, 7) is 0. The van der Waals surface area contributed by atoms with Crippen molar-refractivity contribution in [2.45, 2.75) is 31.0 Å². The number of aromatic hydroxyl groups is 1. The number of benzene rings is 2. The summed E-state index contributed by atoms with van der Waals surface area (Å²) < 4.78 is 0. The standard InChI is InChI=1S/C27H28N2O7/c1-29(2)15-5-3-12(4-6-15)16-7-8-18(30)21-17(16)10-13-9-14-11-19(31)22(26(28)35)25(34)27(14,36)24(33)20(13)23(21)32/h3-8,13-14,19,22,30-31,33,36H,9-11H2,1-2H3,(H2,28,35)/t13-,14+,19?,22?,27+/m1/s1. The number of ketones is 2. The fraction of sp³-hybridized carbons (Fsp3) is 0.370. The quantitative estimate of drug-likeness (QED) is 0.403. The topological polar surface area (TPSA) is 161 Å². The molecule has 9 nitrogen and oxygen atoms in total. The van der Waals surface area contributed by atoms with Crippen LogP contribution >= 0.6 is 0 Å². The summed E-state index contributed by atoms with van der Waals surface area (Å²) in [7, 11) is 3.86. The molecule has 0 aromatic heterocycles. The van der Waals surface area contributed by atoms with Gasteiger partial charge in [0.25, 0.3) is 0 Å². The molecule has 0 aliphatic heterocycles. The fourth-order valence-electron chi connectivity index (χ4n) is 6.14. The monoisotopic (exact) mass is 492 g/mol. The van der Waals surface area contributed by atoms with Crippen LogP contribution in [-0.2, 0) is 16.0 Å². The smallest absolute Gasteiger partial charge is 0.230 e. The van der Waals surface area contributed by atoms with E-state index in [-0.39, 0.29) is 36.1 Å². The Balaban J connectivity index is 1.64. The Kier molecular flexibility index (Phi) is 5.46. The Morgan fingerprint density at radius 2 is 1.72 bits per heavy atom. The van der Waals surface area contributed by atoms with Crippen LogP contribution < -0.4 is 10.6 Å². The van der Waals surface area contributed by atoms with Gasteiger partial charge < -0.3 is 31.1 Å². The molecule has 188 valence electrons. The number of aliphatic hydroxyl groups excluding tert-OH is 2. The summed E-state index contributed by atoms with van der Waals surface area (Å²) in [5.41, 5.74) is 5.86. The van der Waals surface area contributed by atoms with E-state index >= 15 is 0 Å². The maximum atomic E-state index is 13.7. The minimum Gasteiger partial charge on any atom is -0.508 e. The fourth-order valence-corrected chi connectivity index (χ4v) is 6.14. The molecule has 0 radical (unpaired) electrons. The summed E-state index contributed by atoms with van der Waals surface area (Å²) in [6.07, 6.45) is -1.13. The van der Waals surface area contributed by atoms with E-state index in [2.05, 4.69) is 0 Å². The van der Waals surface area contributed by atoms with Gasteiger partial charge in [-0.1, -0.05) is 18.2 Å². The molecule has 9 heteroatoms. The highest BCUT2D eigenvalue weighted by atomic mass is 16.3. The average molecular weight is 493 g/mol. The van der Waals surface area contributed by atoms with Crippen LogP contribution in [0.2, 0.25) is 0 Å². The second-order valence-electron chi connectivity index (χ2n) is 10.2. The van der Waals surface area contributed by atoms with E-state index < -0.39 is 52.7 Å². The molecule has 2 unspecified atom stereocenters. The van der Waals surface area contributed by atoms with Crippen LogP contribution in [0.3, 0.4) is 0 Å². The molecule has 3 aliphatic rings. The second kappa shape index (κ2) is 8.18. The molecule has 1 fully saturated rings. The van der Waals surface area contributed by atoms with Crippen molar-refractivity contribution in [3.8, 4) is 16.9 Å². The number of Topliss-reactive ketones (excluding diaryl/α,β-unsaturated/α-hetero) is 2. The van der Waals surface area contributed by atoms with Crippen molar-refractivity contribution >= 4 is 23.2 Å². The lowest BCUT2D eigenvalue weighted by atomic mass is 9.57. The summed E-state index contributed by atoms with van der Waals surface area (Å²) in [5, 5.41) is 43.5. The first-order chi connectivity index (χ1) is 17.0. The maximum Gasteiger partial charge on any atom is 0.230 e. The van der Waals surface area contributed by atoms with Gasteiger partial charge in [0.15, 0.2) is 17.2 Å². The van der Waals surface area contributed by atoms with Crippen molar-refractivity contribution in [1.29, 1.82) is 0 Å². The van der Waals surface area contributed by atoms with Gasteiger partial charge in [0.1, 0.15) is 17.4 Å². The third-order valence-corrected chi connectivity index (χ3v) is 7.97. The number of aliphatic hydroxyl groups is 3. The number of nitrogens with zero attached hydrogens (tertiary/aromatic N) is 1. The summed E-state index contributed by atoms with van der Waals surface area (Å²) >= 11 is 0. The third-order valence-electron chi connectivity index (χ3n) is 7.97. The summed E-state index contributed by atoms with van der Waals surface area (Å²) in [6, 6.07) is 10.9. The molecular formula is C27H28N2O7. The molecule has 5 atom stereocenters. The Bertz CT molecular complexity index is 1330. The Morgan fingerprint density at radius 1 is 1.06 bits per heavy atom. The van der Waals surface area contributed by atoms with Crippen molar-refractivity contribution in [2.75, 3.05) is 19.0 Å². The average Bonchev–Trinajstić information content (AvgIpc) is 2.81. The highest BCUT2D eigenvalue weighted by Gasteiger charge is 2.62. The van der Waals surface area contributed by atoms with Crippen molar-refractivity contribution in [3.05, 3.63) is 58.9 Å². The predicted molar refractivity (Wildman–Crippen MR) is 130 cm³/mol. The van der Waals surface area contributed by atoms with Crippen LogP contribution in [-0.4, -0.2) is 63.7 Å². The number of carbonyl (C=O) groups excluding carboxylic acids is 3. The number of carbonyl (C=O) groups is 3. The number of anilines is 1. The maximum absolute atomic E-state index is 13.7. The molecule has 6 N–H and O–H groups in total. The van der Waals surface area contributed by atoms with Crippen molar-refractivity contribution < 1.29 is 34.8 Å². The summed E-state index contributed by atoms with van der Waals surface area (Å²) in [4.78, 5) is 40.5. The molecule has 1 saturated carbocycles. The molecule has 2 aromatic rings. The largest absolute Gasteiger partial charge is 0.508 e. The molecule has 0 spiro atoms. The van der Waals surface area contributed by atoms with Gasteiger partial charge >= 0.3 is 0 Å². The van der Waals surface area contributed by atoms with Crippen LogP contribution in [0.25, 0.3) is 11.1 Å². The van der Waals surface area contributed by atoms with E-state index in [1.165, 1.54) is 6.07 Å². The van der Waals surface area contributed by atoms with E-state index in [0.717, 1.165) is 16.8 Å². The number of hydrogen-bond donors (Lipinski definition) is 5. The van der Waals surface area contributed by atoms with Gasteiger partial charge in [-0.2, -0.15) is 0 Å². The van der Waals surface area contributed by atoms with E-state index in [1.807, 2.05) is 43.3 Å². The number of primary amides is 1. The summed E-state index contributed by atoms with van der Waals surface area (Å²) in [5.74, 6) is -7.13. The molecule has 5 rings (SSSR count). The highest BCUT2D eigenvalue weighted by molar-refractivity contribution is 6.16. The predicted octanol–water partition coefficient (Wildman–Crippen LogP) is 1.48. The van der Waals surface area contributed by atoms with Gasteiger partial charge in [0.05, 0.1) is 11.7 Å². The molecule has 3 aliphatic carbocycles. The number of allylic oxidation sites excluding steroid dienone is 1. The number of amides is 1. The first kappa shape index (κ1) is 24.0. The van der Waals surface area contributed by atoms with Gasteiger partial charge in [-0.3, -0.25) is 14.4 Å². The minimum absolute atomic E-state index is 0.0128. The number of hydrogen-bond acceptors (Lipinski definition) is 8. The van der Waals surface area contributed by atoms with Gasteiger partial charge in [0.2, 0.25) is 5.91 Å². The number of fused-ring (bicyclic) bond motifs is 3. The van der Waals surface area contributed by atoms with Crippen molar-refractivity contribution in [2.24, 2.45) is 23.5 Å². The SMILES string of the molecule is CN(C)c1ccc(-c2ccc(O)c3c2C[C@H]2C[C@H]4CC(O)C(C(N)=O)C(=O)[C@@]4(O)C(O)=C2C3=O)cc1. The molecule has 36 heavy (non-hydrogen) atoms. The lowest BCUT2D eigenvalue weighted by molar-refractivity contribution is -0.167. The number of nitrogens with two attached hydrogens (primary N) is 1. The van der Waals surface area contributed by atoms with Gasteiger partial charge in [0, 0.05) is 31.3 Å². The Morgan fingerprint density at radius 3 is 2.33 bits per heavy atom.